The third-order valence-corrected chi connectivity index (χ3v) is 6.95. The van der Waals surface area contributed by atoms with Crippen LogP contribution in [0.15, 0.2) is 72.6 Å². The van der Waals surface area contributed by atoms with E-state index in [2.05, 4.69) is 9.97 Å². The molecule has 0 aliphatic carbocycles. The maximum Gasteiger partial charge on any atom is 0.301 e. The second kappa shape index (κ2) is 10.4. The molecule has 0 radical (unpaired) electrons. The van der Waals surface area contributed by atoms with Crippen LogP contribution in [0.4, 0.5) is 5.13 Å². The van der Waals surface area contributed by atoms with Crippen LogP contribution in [0.1, 0.15) is 37.4 Å². The Bertz CT molecular complexity index is 1480. The first-order valence-corrected chi connectivity index (χ1v) is 12.8. The van der Waals surface area contributed by atoms with E-state index in [1.54, 1.807) is 36.4 Å². The number of amides is 1. The van der Waals surface area contributed by atoms with Crippen molar-refractivity contribution in [3.63, 3.8) is 0 Å². The molecule has 2 aromatic heterocycles. The van der Waals surface area contributed by atoms with Crippen LogP contribution in [0.3, 0.4) is 0 Å². The lowest BCUT2D eigenvalue weighted by Gasteiger charge is -2.23. The molecular weight excluding hydrogens is 490 g/mol. The average Bonchev–Trinajstić information content (AvgIpc) is 3.45. The molecule has 2 aromatic carbocycles. The summed E-state index contributed by atoms with van der Waals surface area (Å²) in [4.78, 5) is 36.8. The number of carbonyl (C=O) groups is 2. The van der Waals surface area contributed by atoms with E-state index in [0.29, 0.717) is 46.5 Å². The third-order valence-electron chi connectivity index (χ3n) is 5.93. The van der Waals surface area contributed by atoms with Gasteiger partial charge in [-0.05, 0) is 61.4 Å². The normalized spacial score (nSPS) is 16.9. The number of aliphatic hydroxyl groups excluding tert-OH is 1. The Kier molecular flexibility index (Phi) is 6.87. The molecule has 1 N–H and O–H groups in total. The maximum atomic E-state index is 13.4. The van der Waals surface area contributed by atoms with E-state index in [1.165, 1.54) is 28.6 Å². The lowest BCUT2D eigenvalue weighted by Crippen LogP contribution is -2.29. The second-order valence-electron chi connectivity index (χ2n) is 8.38. The summed E-state index contributed by atoms with van der Waals surface area (Å²) in [5, 5.41) is 11.6. The summed E-state index contributed by atoms with van der Waals surface area (Å²) in [6.45, 7) is 5.04. The Morgan fingerprint density at radius 1 is 1.00 bits per heavy atom. The third kappa shape index (κ3) is 4.65. The molecule has 8 nitrogen and oxygen atoms in total. The number of hydrogen-bond acceptors (Lipinski definition) is 8. The van der Waals surface area contributed by atoms with Gasteiger partial charge < -0.3 is 14.6 Å². The van der Waals surface area contributed by atoms with Crippen molar-refractivity contribution < 1.29 is 24.2 Å². The number of rotatable bonds is 8. The lowest BCUT2D eigenvalue weighted by molar-refractivity contribution is -0.132. The van der Waals surface area contributed by atoms with Crippen molar-refractivity contribution in [3.05, 3.63) is 83.7 Å². The Morgan fingerprint density at radius 2 is 1.73 bits per heavy atom. The average molecular weight is 516 g/mol. The van der Waals surface area contributed by atoms with Crippen LogP contribution in [-0.4, -0.2) is 40.0 Å². The summed E-state index contributed by atoms with van der Waals surface area (Å²) in [6, 6.07) is 15.0. The number of hydrogen-bond donors (Lipinski definition) is 1. The van der Waals surface area contributed by atoms with Crippen molar-refractivity contribution in [2.24, 2.45) is 0 Å². The number of nitrogens with zero attached hydrogens (tertiary/aromatic N) is 3. The van der Waals surface area contributed by atoms with Crippen LogP contribution >= 0.6 is 11.3 Å². The van der Waals surface area contributed by atoms with Crippen LogP contribution in [-0.2, 0) is 9.59 Å². The fourth-order valence-corrected chi connectivity index (χ4v) is 5.25. The number of ketones is 1. The largest absolute Gasteiger partial charge is 0.507 e. The number of aromatic nitrogens is 2. The molecule has 1 aliphatic heterocycles. The predicted molar refractivity (Wildman–Crippen MR) is 142 cm³/mol. The van der Waals surface area contributed by atoms with Gasteiger partial charge in [-0.15, -0.1) is 0 Å². The standard InChI is InChI=1S/C28H25N3O5S/c1-3-15-36-19-7-5-17(6-8-19)24-23(25(32)18-11-13-29-14-12-18)26(33)27(34)31(24)28-30-21-10-9-20(35-4-2)16-22(21)37-28/h5-14,16,24,32H,3-4,15H2,1-2H3. The highest BCUT2D eigenvalue weighted by Crippen LogP contribution is 2.44. The summed E-state index contributed by atoms with van der Waals surface area (Å²) in [7, 11) is 0. The maximum absolute atomic E-state index is 13.4. The van der Waals surface area contributed by atoms with Gasteiger partial charge in [0.1, 0.15) is 17.3 Å². The first kappa shape index (κ1) is 24.5. The van der Waals surface area contributed by atoms with Gasteiger partial charge in [0.05, 0.1) is 35.0 Å². The van der Waals surface area contributed by atoms with Gasteiger partial charge in [-0.25, -0.2) is 4.98 Å². The SMILES string of the molecule is CCCOc1ccc(C2C(=C(O)c3ccncc3)C(=O)C(=O)N2c2nc3ccc(OCC)cc3s2)cc1. The molecular formula is C28H25N3O5S. The van der Waals surface area contributed by atoms with Gasteiger partial charge in [-0.3, -0.25) is 19.5 Å². The van der Waals surface area contributed by atoms with Gasteiger partial charge in [-0.2, -0.15) is 0 Å². The number of ether oxygens (including phenoxy) is 2. The minimum Gasteiger partial charge on any atom is -0.507 e. The van der Waals surface area contributed by atoms with Crippen molar-refractivity contribution >= 4 is 44.1 Å². The molecule has 188 valence electrons. The van der Waals surface area contributed by atoms with Gasteiger partial charge in [-0.1, -0.05) is 30.4 Å². The number of benzene rings is 2. The van der Waals surface area contributed by atoms with Gasteiger partial charge in [0, 0.05) is 18.0 Å². The van der Waals surface area contributed by atoms with E-state index in [1.807, 2.05) is 32.0 Å². The van der Waals surface area contributed by atoms with Gasteiger partial charge in [0.25, 0.3) is 5.78 Å². The number of pyridine rings is 1. The van der Waals surface area contributed by atoms with Crippen LogP contribution in [0, 0.1) is 0 Å². The van der Waals surface area contributed by atoms with E-state index >= 15 is 0 Å². The summed E-state index contributed by atoms with van der Waals surface area (Å²) >= 11 is 1.29. The number of carbonyl (C=O) groups excluding carboxylic acids is 2. The zero-order chi connectivity index (χ0) is 25.9. The molecule has 1 saturated heterocycles. The van der Waals surface area contributed by atoms with Gasteiger partial charge in [0.15, 0.2) is 5.13 Å². The zero-order valence-corrected chi connectivity index (χ0v) is 21.2. The molecule has 0 saturated carbocycles. The zero-order valence-electron chi connectivity index (χ0n) is 20.4. The topological polar surface area (TPSA) is 102 Å². The van der Waals surface area contributed by atoms with Crippen LogP contribution in [0.25, 0.3) is 16.0 Å². The predicted octanol–water partition coefficient (Wildman–Crippen LogP) is 5.51. The van der Waals surface area contributed by atoms with Crippen molar-refractivity contribution in [2.45, 2.75) is 26.3 Å². The number of aliphatic hydroxyl groups is 1. The molecule has 1 atom stereocenters. The summed E-state index contributed by atoms with van der Waals surface area (Å²) < 4.78 is 12.1. The second-order valence-corrected chi connectivity index (χ2v) is 9.39. The van der Waals surface area contributed by atoms with Crippen molar-refractivity contribution in [2.75, 3.05) is 18.1 Å². The number of fused-ring (bicyclic) bond motifs is 1. The number of anilines is 1. The van der Waals surface area contributed by atoms with Gasteiger partial charge >= 0.3 is 5.91 Å². The summed E-state index contributed by atoms with van der Waals surface area (Å²) in [6.07, 6.45) is 3.91. The minimum atomic E-state index is -0.875. The first-order valence-electron chi connectivity index (χ1n) is 12.0. The molecule has 1 unspecified atom stereocenters. The monoisotopic (exact) mass is 515 g/mol. The van der Waals surface area contributed by atoms with E-state index in [-0.39, 0.29) is 11.3 Å². The van der Waals surface area contributed by atoms with Crippen LogP contribution in [0.5, 0.6) is 11.5 Å². The molecule has 0 bridgehead atoms. The summed E-state index contributed by atoms with van der Waals surface area (Å²) in [5.74, 6) is -0.417. The number of Topliss-reactive ketones (excluding diaryl/α,β-unsaturated/α-hetero) is 1. The highest BCUT2D eigenvalue weighted by atomic mass is 32.1. The molecule has 1 amide bonds. The molecule has 1 fully saturated rings. The molecule has 1 aliphatic rings. The van der Waals surface area contributed by atoms with E-state index in [4.69, 9.17) is 9.47 Å². The Morgan fingerprint density at radius 3 is 2.43 bits per heavy atom. The van der Waals surface area contributed by atoms with Gasteiger partial charge in [0.2, 0.25) is 0 Å². The van der Waals surface area contributed by atoms with Crippen LogP contribution in [0.2, 0.25) is 0 Å². The highest BCUT2D eigenvalue weighted by molar-refractivity contribution is 7.22. The lowest BCUT2D eigenvalue weighted by atomic mass is 9.95. The molecule has 5 rings (SSSR count). The fraction of sp³-hybridized carbons (Fsp3) is 0.214. The van der Waals surface area contributed by atoms with Crippen molar-refractivity contribution in [1.29, 1.82) is 0 Å². The smallest absolute Gasteiger partial charge is 0.301 e. The Balaban J connectivity index is 1.64. The molecule has 0 spiro atoms. The quantitative estimate of drug-likeness (QED) is 0.188. The van der Waals surface area contributed by atoms with E-state index < -0.39 is 17.7 Å². The minimum absolute atomic E-state index is 0.00677. The molecule has 9 heteroatoms. The van der Waals surface area contributed by atoms with Crippen LogP contribution < -0.4 is 14.4 Å². The first-order chi connectivity index (χ1) is 18.0. The van der Waals surface area contributed by atoms with Crippen molar-refractivity contribution in [1.82, 2.24) is 9.97 Å². The molecule has 3 heterocycles. The molecule has 37 heavy (non-hydrogen) atoms. The van der Waals surface area contributed by atoms with E-state index in [0.717, 1.165) is 11.1 Å². The van der Waals surface area contributed by atoms with Crippen molar-refractivity contribution in [3.8, 4) is 11.5 Å². The highest BCUT2D eigenvalue weighted by Gasteiger charge is 2.48. The van der Waals surface area contributed by atoms with E-state index in [9.17, 15) is 14.7 Å². The molecule has 4 aromatic rings. The summed E-state index contributed by atoms with van der Waals surface area (Å²) in [5.41, 5.74) is 1.72. The Labute approximate surface area is 217 Å². The fourth-order valence-electron chi connectivity index (χ4n) is 4.23. The Hall–Kier alpha value is -4.24. The number of thiazole rings is 1.